The molecule has 0 aromatic heterocycles. The van der Waals surface area contributed by atoms with E-state index in [-0.39, 0.29) is 10.6 Å². The molecule has 0 fully saturated rings. The zero-order valence-electron chi connectivity index (χ0n) is 8.82. The number of phenols is 1. The van der Waals surface area contributed by atoms with E-state index in [1.165, 1.54) is 12.1 Å². The fourth-order valence-corrected chi connectivity index (χ4v) is 2.44. The van der Waals surface area contributed by atoms with E-state index in [0.717, 1.165) is 6.26 Å². The zero-order chi connectivity index (χ0) is 11.6. The molecule has 1 aromatic carbocycles. The van der Waals surface area contributed by atoms with Crippen molar-refractivity contribution in [1.29, 1.82) is 0 Å². The molecule has 1 rings (SSSR count). The minimum atomic E-state index is -3.26. The number of rotatable bonds is 3. The van der Waals surface area contributed by atoms with Crippen molar-refractivity contribution in [3.05, 3.63) is 23.3 Å². The smallest absolute Gasteiger partial charge is 0.175 e. The number of hydrogen-bond donors (Lipinski definition) is 2. The maximum Gasteiger partial charge on any atom is 0.175 e. The van der Waals surface area contributed by atoms with Gasteiger partial charge in [0.1, 0.15) is 5.75 Å². The molecule has 0 bridgehead atoms. The lowest BCUT2D eigenvalue weighted by Gasteiger charge is -2.09. The van der Waals surface area contributed by atoms with E-state index in [0.29, 0.717) is 24.1 Å². The second-order valence-electron chi connectivity index (χ2n) is 3.56. The Kier molecular flexibility index (Phi) is 3.36. The van der Waals surface area contributed by atoms with Gasteiger partial charge in [0.15, 0.2) is 9.84 Å². The molecule has 0 heterocycles. The highest BCUT2D eigenvalue weighted by atomic mass is 32.2. The Balaban J connectivity index is 3.42. The number of benzene rings is 1. The van der Waals surface area contributed by atoms with Gasteiger partial charge >= 0.3 is 0 Å². The normalized spacial score (nSPS) is 11.7. The molecule has 1 aromatic rings. The van der Waals surface area contributed by atoms with Gasteiger partial charge in [-0.3, -0.25) is 0 Å². The molecule has 4 nitrogen and oxygen atoms in total. The Morgan fingerprint density at radius 3 is 2.47 bits per heavy atom. The van der Waals surface area contributed by atoms with Gasteiger partial charge in [-0.15, -0.1) is 0 Å². The molecule has 0 amide bonds. The van der Waals surface area contributed by atoms with Crippen LogP contribution in [0.1, 0.15) is 11.1 Å². The van der Waals surface area contributed by atoms with E-state index in [1.807, 2.05) is 0 Å². The standard InChI is InChI=1S/C10H15NO3S/c1-7-5-10(15(2,13)14)8(3-4-11)6-9(7)12/h5-6,12H,3-4,11H2,1-2H3. The van der Waals surface area contributed by atoms with Crippen LogP contribution in [0.3, 0.4) is 0 Å². The van der Waals surface area contributed by atoms with Gasteiger partial charge in [-0.2, -0.15) is 0 Å². The summed E-state index contributed by atoms with van der Waals surface area (Å²) in [6, 6.07) is 2.95. The van der Waals surface area contributed by atoms with Crippen molar-refractivity contribution in [2.45, 2.75) is 18.2 Å². The molecule has 15 heavy (non-hydrogen) atoms. The van der Waals surface area contributed by atoms with E-state index in [2.05, 4.69) is 0 Å². The van der Waals surface area contributed by atoms with E-state index in [4.69, 9.17) is 5.73 Å². The van der Waals surface area contributed by atoms with Crippen molar-refractivity contribution in [1.82, 2.24) is 0 Å². The molecule has 0 spiro atoms. The summed E-state index contributed by atoms with van der Waals surface area (Å²) in [5.41, 5.74) is 6.51. The first-order chi connectivity index (χ1) is 6.86. The Morgan fingerprint density at radius 2 is 2.00 bits per heavy atom. The number of sulfone groups is 1. The zero-order valence-corrected chi connectivity index (χ0v) is 9.63. The van der Waals surface area contributed by atoms with Gasteiger partial charge in [0.2, 0.25) is 0 Å². The first-order valence-corrected chi connectivity index (χ1v) is 6.48. The van der Waals surface area contributed by atoms with Crippen LogP contribution in [0.4, 0.5) is 0 Å². The summed E-state index contributed by atoms with van der Waals surface area (Å²) < 4.78 is 22.9. The lowest BCUT2D eigenvalue weighted by atomic mass is 10.1. The lowest BCUT2D eigenvalue weighted by Crippen LogP contribution is -2.08. The van der Waals surface area contributed by atoms with Crippen LogP contribution >= 0.6 is 0 Å². The quantitative estimate of drug-likeness (QED) is 0.795. The largest absolute Gasteiger partial charge is 0.508 e. The van der Waals surface area contributed by atoms with Gasteiger partial charge in [-0.05, 0) is 43.1 Å². The van der Waals surface area contributed by atoms with Crippen molar-refractivity contribution >= 4 is 9.84 Å². The van der Waals surface area contributed by atoms with Gasteiger partial charge in [0, 0.05) is 6.26 Å². The van der Waals surface area contributed by atoms with Crippen LogP contribution in [0.2, 0.25) is 0 Å². The second kappa shape index (κ2) is 4.20. The van der Waals surface area contributed by atoms with Crippen molar-refractivity contribution in [3.8, 4) is 5.75 Å². The highest BCUT2D eigenvalue weighted by molar-refractivity contribution is 7.90. The SMILES string of the molecule is Cc1cc(S(C)(=O)=O)c(CCN)cc1O. The molecular weight excluding hydrogens is 214 g/mol. The van der Waals surface area contributed by atoms with Gasteiger partial charge in [0.25, 0.3) is 0 Å². The van der Waals surface area contributed by atoms with Crippen molar-refractivity contribution in [2.75, 3.05) is 12.8 Å². The van der Waals surface area contributed by atoms with E-state index < -0.39 is 9.84 Å². The first kappa shape index (κ1) is 12.0. The summed E-state index contributed by atoms with van der Waals surface area (Å²) in [4.78, 5) is 0.253. The lowest BCUT2D eigenvalue weighted by molar-refractivity contribution is 0.469. The maximum atomic E-state index is 11.5. The van der Waals surface area contributed by atoms with Crippen LogP contribution in [0.15, 0.2) is 17.0 Å². The summed E-state index contributed by atoms with van der Waals surface area (Å²) in [7, 11) is -3.26. The number of aromatic hydroxyl groups is 1. The van der Waals surface area contributed by atoms with Crippen LogP contribution in [-0.4, -0.2) is 26.3 Å². The molecule has 0 saturated carbocycles. The average Bonchev–Trinajstić information content (AvgIpc) is 2.09. The van der Waals surface area contributed by atoms with Crippen molar-refractivity contribution in [2.24, 2.45) is 5.73 Å². The minimum Gasteiger partial charge on any atom is -0.508 e. The first-order valence-electron chi connectivity index (χ1n) is 4.59. The van der Waals surface area contributed by atoms with Crippen molar-refractivity contribution in [3.63, 3.8) is 0 Å². The molecule has 3 N–H and O–H groups in total. The van der Waals surface area contributed by atoms with Gasteiger partial charge in [-0.1, -0.05) is 0 Å². The van der Waals surface area contributed by atoms with E-state index >= 15 is 0 Å². The van der Waals surface area contributed by atoms with Crippen LogP contribution < -0.4 is 5.73 Å². The number of hydrogen-bond acceptors (Lipinski definition) is 4. The minimum absolute atomic E-state index is 0.103. The second-order valence-corrected chi connectivity index (χ2v) is 5.54. The monoisotopic (exact) mass is 229 g/mol. The number of nitrogens with two attached hydrogens (primary N) is 1. The molecule has 0 aliphatic heterocycles. The third-order valence-electron chi connectivity index (χ3n) is 2.19. The Hall–Kier alpha value is -1.07. The molecule has 0 unspecified atom stereocenters. The summed E-state index contributed by atoms with van der Waals surface area (Å²) in [5, 5.41) is 9.48. The van der Waals surface area contributed by atoms with Gasteiger partial charge in [0.05, 0.1) is 4.90 Å². The predicted octanol–water partition coefficient (Wildman–Crippen LogP) is 0.605. The predicted molar refractivity (Wildman–Crippen MR) is 58.7 cm³/mol. The molecular formula is C10H15NO3S. The van der Waals surface area contributed by atoms with Crippen LogP contribution in [-0.2, 0) is 16.3 Å². The number of phenolic OH excluding ortho intramolecular Hbond substituents is 1. The fourth-order valence-electron chi connectivity index (χ4n) is 1.41. The molecule has 0 aliphatic rings. The molecule has 0 radical (unpaired) electrons. The Bertz CT molecular complexity index is 466. The van der Waals surface area contributed by atoms with Crippen molar-refractivity contribution < 1.29 is 13.5 Å². The van der Waals surface area contributed by atoms with Crippen LogP contribution in [0, 0.1) is 6.92 Å². The van der Waals surface area contributed by atoms with E-state index in [1.54, 1.807) is 6.92 Å². The molecule has 0 saturated heterocycles. The molecule has 0 aliphatic carbocycles. The Morgan fingerprint density at radius 1 is 1.40 bits per heavy atom. The van der Waals surface area contributed by atoms with Crippen LogP contribution in [0.5, 0.6) is 5.75 Å². The molecule has 84 valence electrons. The molecule has 0 atom stereocenters. The summed E-state index contributed by atoms with van der Waals surface area (Å²) >= 11 is 0. The van der Waals surface area contributed by atoms with Crippen LogP contribution in [0.25, 0.3) is 0 Å². The van der Waals surface area contributed by atoms with E-state index in [9.17, 15) is 13.5 Å². The van der Waals surface area contributed by atoms with Gasteiger partial charge < -0.3 is 10.8 Å². The summed E-state index contributed by atoms with van der Waals surface area (Å²) in [6.45, 7) is 2.02. The summed E-state index contributed by atoms with van der Waals surface area (Å²) in [6.07, 6.45) is 1.59. The number of aryl methyl sites for hydroxylation is 1. The molecule has 5 heteroatoms. The highest BCUT2D eigenvalue weighted by Crippen LogP contribution is 2.25. The average molecular weight is 229 g/mol. The van der Waals surface area contributed by atoms with Gasteiger partial charge in [-0.25, -0.2) is 8.42 Å². The fraction of sp³-hybridized carbons (Fsp3) is 0.400. The maximum absolute atomic E-state index is 11.5. The third-order valence-corrected chi connectivity index (χ3v) is 3.37. The Labute approximate surface area is 89.7 Å². The summed E-state index contributed by atoms with van der Waals surface area (Å²) in [5.74, 6) is 0.103. The topological polar surface area (TPSA) is 80.4 Å². The highest BCUT2D eigenvalue weighted by Gasteiger charge is 2.14. The third kappa shape index (κ3) is 2.70.